The minimum absolute atomic E-state index is 0.367. The highest BCUT2D eigenvalue weighted by Crippen LogP contribution is 2.31. The van der Waals surface area contributed by atoms with Crippen LogP contribution in [0.3, 0.4) is 0 Å². The van der Waals surface area contributed by atoms with Gasteiger partial charge < -0.3 is 10.1 Å². The molecule has 0 aliphatic rings. The maximum atomic E-state index is 5.51. The Morgan fingerprint density at radius 1 is 0.889 bits per heavy atom. The van der Waals surface area contributed by atoms with Crippen LogP contribution < -0.4 is 5.32 Å². The number of hydrogen-bond donors (Lipinski definition) is 1. The van der Waals surface area contributed by atoms with Gasteiger partial charge in [0, 0.05) is 19.1 Å². The second-order valence-electron chi connectivity index (χ2n) is 5.73. The topological polar surface area (TPSA) is 21.3 Å². The van der Waals surface area contributed by atoms with E-state index in [9.17, 15) is 0 Å². The second kappa shape index (κ2) is 12.0. The van der Waals surface area contributed by atoms with Crippen molar-refractivity contribution < 1.29 is 4.74 Å². The Morgan fingerprint density at radius 3 is 1.94 bits per heavy atom. The summed E-state index contributed by atoms with van der Waals surface area (Å²) in [4.78, 5) is 0. The Kier molecular flexibility index (Phi) is 11.9. The number of unbranched alkanes of at least 4 members (excludes halogenated alkanes) is 5. The molecule has 0 heterocycles. The minimum Gasteiger partial charge on any atom is -0.384 e. The van der Waals surface area contributed by atoms with E-state index in [1.807, 2.05) is 7.11 Å². The van der Waals surface area contributed by atoms with Crippen LogP contribution in [-0.4, -0.2) is 27.3 Å². The third kappa shape index (κ3) is 8.10. The first-order valence-electron chi connectivity index (χ1n) is 7.88. The maximum absolute atomic E-state index is 5.51. The first-order valence-corrected chi connectivity index (χ1v) is 7.88. The average Bonchev–Trinajstić information content (AvgIpc) is 2.36. The van der Waals surface area contributed by atoms with E-state index in [0.717, 1.165) is 13.2 Å². The predicted octanol–water partition coefficient (Wildman–Crippen LogP) is 4.39. The fraction of sp³-hybridized carbons (Fsp3) is 1.00. The monoisotopic (exact) mass is 257 g/mol. The van der Waals surface area contributed by atoms with Crippen molar-refractivity contribution in [3.8, 4) is 0 Å². The summed E-state index contributed by atoms with van der Waals surface area (Å²) in [6, 6.07) is 0. The van der Waals surface area contributed by atoms with Crippen molar-refractivity contribution >= 4 is 0 Å². The molecule has 0 rings (SSSR count). The highest BCUT2D eigenvalue weighted by molar-refractivity contribution is 4.81. The second-order valence-corrected chi connectivity index (χ2v) is 5.73. The molecular formula is C16H35NO. The molecule has 18 heavy (non-hydrogen) atoms. The summed E-state index contributed by atoms with van der Waals surface area (Å²) < 4.78 is 5.51. The largest absolute Gasteiger partial charge is 0.384 e. The van der Waals surface area contributed by atoms with Crippen molar-refractivity contribution in [3.63, 3.8) is 0 Å². The molecule has 0 saturated heterocycles. The van der Waals surface area contributed by atoms with Crippen molar-refractivity contribution in [1.29, 1.82) is 0 Å². The van der Waals surface area contributed by atoms with Gasteiger partial charge in [-0.3, -0.25) is 0 Å². The molecule has 0 radical (unpaired) electrons. The fourth-order valence-electron chi connectivity index (χ4n) is 2.86. The van der Waals surface area contributed by atoms with E-state index in [0.29, 0.717) is 5.41 Å². The molecule has 0 aromatic rings. The molecule has 0 amide bonds. The maximum Gasteiger partial charge on any atom is 0.0530 e. The molecule has 2 heteroatoms. The van der Waals surface area contributed by atoms with Gasteiger partial charge in [-0.15, -0.1) is 0 Å². The van der Waals surface area contributed by atoms with Crippen LogP contribution in [0.1, 0.15) is 71.6 Å². The van der Waals surface area contributed by atoms with Gasteiger partial charge >= 0.3 is 0 Å². The van der Waals surface area contributed by atoms with Gasteiger partial charge in [0.2, 0.25) is 0 Å². The van der Waals surface area contributed by atoms with E-state index in [1.54, 1.807) is 0 Å². The number of rotatable bonds is 13. The Balaban J connectivity index is 4.23. The molecule has 0 aromatic heterocycles. The molecule has 2 nitrogen and oxygen atoms in total. The van der Waals surface area contributed by atoms with Crippen LogP contribution in [0.2, 0.25) is 0 Å². The highest BCUT2D eigenvalue weighted by Gasteiger charge is 2.28. The lowest BCUT2D eigenvalue weighted by atomic mass is 9.78. The van der Waals surface area contributed by atoms with Gasteiger partial charge in [0.1, 0.15) is 0 Å². The van der Waals surface area contributed by atoms with Gasteiger partial charge in [0.25, 0.3) is 0 Å². The fourth-order valence-corrected chi connectivity index (χ4v) is 2.86. The Labute approximate surface area is 115 Å². The lowest BCUT2D eigenvalue weighted by Gasteiger charge is -2.33. The average molecular weight is 257 g/mol. The molecule has 1 unspecified atom stereocenters. The van der Waals surface area contributed by atoms with Gasteiger partial charge in [-0.25, -0.2) is 0 Å². The summed E-state index contributed by atoms with van der Waals surface area (Å²) in [5.74, 6) is 0. The molecule has 0 aliphatic heterocycles. The zero-order valence-corrected chi connectivity index (χ0v) is 13.2. The summed E-state index contributed by atoms with van der Waals surface area (Å²) in [5, 5.41) is 3.38. The molecular weight excluding hydrogens is 222 g/mol. The molecule has 0 aliphatic carbocycles. The van der Waals surface area contributed by atoms with E-state index >= 15 is 0 Å². The van der Waals surface area contributed by atoms with Gasteiger partial charge in [0.15, 0.2) is 0 Å². The van der Waals surface area contributed by atoms with Crippen molar-refractivity contribution in [2.24, 2.45) is 5.41 Å². The van der Waals surface area contributed by atoms with Gasteiger partial charge in [-0.2, -0.15) is 0 Å². The SMILES string of the molecule is CCCCCCC(CCCCC)(CNC)COC. The van der Waals surface area contributed by atoms with Crippen molar-refractivity contribution in [1.82, 2.24) is 5.32 Å². The zero-order valence-electron chi connectivity index (χ0n) is 13.2. The zero-order chi connectivity index (χ0) is 13.7. The van der Waals surface area contributed by atoms with Crippen LogP contribution in [0.25, 0.3) is 0 Å². The van der Waals surface area contributed by atoms with Crippen LogP contribution >= 0.6 is 0 Å². The van der Waals surface area contributed by atoms with E-state index in [-0.39, 0.29) is 0 Å². The quantitative estimate of drug-likeness (QED) is 0.494. The standard InChI is InChI=1S/C16H35NO/c1-5-7-9-11-13-16(14-17-3,15-18-4)12-10-8-6-2/h17H,5-15H2,1-4H3. The minimum atomic E-state index is 0.367. The normalized spacial score (nSPS) is 14.7. The number of methoxy groups -OCH3 is 1. The summed E-state index contributed by atoms with van der Waals surface area (Å²) in [5.41, 5.74) is 0.367. The predicted molar refractivity (Wildman–Crippen MR) is 81.1 cm³/mol. The molecule has 110 valence electrons. The number of nitrogens with one attached hydrogen (secondary N) is 1. The third-order valence-corrected chi connectivity index (χ3v) is 3.87. The summed E-state index contributed by atoms with van der Waals surface area (Å²) in [6.45, 7) is 6.55. The lowest BCUT2D eigenvalue weighted by molar-refractivity contribution is 0.0614. The van der Waals surface area contributed by atoms with Crippen LogP contribution in [0.4, 0.5) is 0 Å². The van der Waals surface area contributed by atoms with Crippen LogP contribution in [0, 0.1) is 5.41 Å². The molecule has 0 aromatic carbocycles. The van der Waals surface area contributed by atoms with Crippen LogP contribution in [-0.2, 0) is 4.74 Å². The lowest BCUT2D eigenvalue weighted by Crippen LogP contribution is -2.36. The van der Waals surface area contributed by atoms with Crippen molar-refractivity contribution in [2.45, 2.75) is 71.6 Å². The molecule has 1 atom stereocenters. The van der Waals surface area contributed by atoms with E-state index in [4.69, 9.17) is 4.74 Å². The van der Waals surface area contributed by atoms with Gasteiger partial charge in [0.05, 0.1) is 6.61 Å². The van der Waals surface area contributed by atoms with E-state index in [1.165, 1.54) is 57.8 Å². The van der Waals surface area contributed by atoms with Crippen LogP contribution in [0.15, 0.2) is 0 Å². The van der Waals surface area contributed by atoms with Crippen molar-refractivity contribution in [3.05, 3.63) is 0 Å². The molecule has 0 fully saturated rings. The van der Waals surface area contributed by atoms with E-state index < -0.39 is 0 Å². The van der Waals surface area contributed by atoms with Gasteiger partial charge in [-0.1, -0.05) is 58.8 Å². The first-order chi connectivity index (χ1) is 8.74. The summed E-state index contributed by atoms with van der Waals surface area (Å²) in [7, 11) is 3.91. The molecule has 0 saturated carbocycles. The number of ether oxygens (including phenoxy) is 1. The first kappa shape index (κ1) is 17.9. The number of hydrogen-bond acceptors (Lipinski definition) is 2. The Morgan fingerprint density at radius 2 is 1.44 bits per heavy atom. The summed E-state index contributed by atoms with van der Waals surface area (Å²) in [6.07, 6.45) is 12.0. The highest BCUT2D eigenvalue weighted by atomic mass is 16.5. The third-order valence-electron chi connectivity index (χ3n) is 3.87. The van der Waals surface area contributed by atoms with Gasteiger partial charge in [-0.05, 0) is 19.9 Å². The molecule has 0 bridgehead atoms. The molecule has 0 spiro atoms. The Bertz CT molecular complexity index is 164. The smallest absolute Gasteiger partial charge is 0.0530 e. The van der Waals surface area contributed by atoms with Crippen LogP contribution in [0.5, 0.6) is 0 Å². The Hall–Kier alpha value is -0.0800. The van der Waals surface area contributed by atoms with Crippen molar-refractivity contribution in [2.75, 3.05) is 27.3 Å². The molecule has 1 N–H and O–H groups in total. The summed E-state index contributed by atoms with van der Waals surface area (Å²) >= 11 is 0. The van der Waals surface area contributed by atoms with E-state index in [2.05, 4.69) is 26.2 Å².